The molecular formula is C19H20N6O2. The van der Waals surface area contributed by atoms with E-state index in [-0.39, 0.29) is 29.3 Å². The fraction of sp³-hybridized carbons (Fsp3) is 0.368. The average Bonchev–Trinajstić information content (AvgIpc) is 3.30. The largest absolute Gasteiger partial charge is 0.348 e. The summed E-state index contributed by atoms with van der Waals surface area (Å²) in [6.07, 6.45) is 6.64. The van der Waals surface area contributed by atoms with E-state index in [1.165, 1.54) is 28.2 Å². The Kier molecular flexibility index (Phi) is 3.78. The minimum Gasteiger partial charge on any atom is -0.348 e. The average molecular weight is 364 g/mol. The number of rotatable bonds is 4. The number of H-pyrrole nitrogens is 1. The summed E-state index contributed by atoms with van der Waals surface area (Å²) in [6.45, 7) is 0. The van der Waals surface area contributed by atoms with Gasteiger partial charge >= 0.3 is 0 Å². The molecule has 8 heteroatoms. The molecule has 1 amide bonds. The molecule has 0 spiro atoms. The van der Waals surface area contributed by atoms with Crippen molar-refractivity contribution in [3.8, 4) is 0 Å². The van der Waals surface area contributed by atoms with Crippen molar-refractivity contribution in [3.63, 3.8) is 0 Å². The molecule has 2 aliphatic rings. The summed E-state index contributed by atoms with van der Waals surface area (Å²) in [5.41, 5.74) is 2.39. The van der Waals surface area contributed by atoms with E-state index in [2.05, 4.69) is 50.0 Å². The predicted molar refractivity (Wildman–Crippen MR) is 98.7 cm³/mol. The number of carbonyl (C=O) groups excluding carboxylic acids is 1. The van der Waals surface area contributed by atoms with Crippen molar-refractivity contribution in [2.45, 2.75) is 43.8 Å². The molecule has 0 aliphatic heterocycles. The molecule has 3 N–H and O–H groups in total. The van der Waals surface area contributed by atoms with Gasteiger partial charge in [-0.3, -0.25) is 14.7 Å². The van der Waals surface area contributed by atoms with E-state index in [0.717, 1.165) is 25.7 Å². The molecule has 1 saturated carbocycles. The van der Waals surface area contributed by atoms with Crippen molar-refractivity contribution < 1.29 is 4.79 Å². The van der Waals surface area contributed by atoms with Crippen LogP contribution in [-0.2, 0) is 12.8 Å². The Balaban J connectivity index is 1.24. The van der Waals surface area contributed by atoms with Crippen LogP contribution in [0.5, 0.6) is 0 Å². The summed E-state index contributed by atoms with van der Waals surface area (Å²) in [5.74, 6) is -0.136. The van der Waals surface area contributed by atoms with Gasteiger partial charge in [0.05, 0.1) is 0 Å². The maximum absolute atomic E-state index is 12.6. The standard InChI is InChI=1S/C19H20N6O2/c26-17(14-9-20-19-21-10-22-25(19)18(14)27)24-16-6-5-15(16)23-13-7-11-3-1-2-4-12(11)8-13/h1-4,9-10,13,15-16,23H,5-8H2,(H,24,26)(H,20,21,22)/t15-,16+/m1/s1. The lowest BCUT2D eigenvalue weighted by atomic mass is 9.85. The Morgan fingerprint density at radius 2 is 1.85 bits per heavy atom. The summed E-state index contributed by atoms with van der Waals surface area (Å²) in [7, 11) is 0. The first-order valence-electron chi connectivity index (χ1n) is 9.24. The third-order valence-corrected chi connectivity index (χ3v) is 5.65. The van der Waals surface area contributed by atoms with Crippen molar-refractivity contribution >= 4 is 11.7 Å². The number of aromatic amines is 1. The van der Waals surface area contributed by atoms with Crippen molar-refractivity contribution in [1.29, 1.82) is 0 Å². The van der Waals surface area contributed by atoms with Crippen LogP contribution in [0.25, 0.3) is 5.78 Å². The highest BCUT2D eigenvalue weighted by atomic mass is 16.2. The normalized spacial score (nSPS) is 21.8. The minimum atomic E-state index is -0.440. The molecule has 0 saturated heterocycles. The second-order valence-corrected chi connectivity index (χ2v) is 7.30. The van der Waals surface area contributed by atoms with E-state index in [4.69, 9.17) is 0 Å². The Bertz CT molecular complexity index is 1050. The molecule has 0 bridgehead atoms. The van der Waals surface area contributed by atoms with Gasteiger partial charge in [-0.2, -0.15) is 4.52 Å². The molecule has 8 nitrogen and oxygen atoms in total. The van der Waals surface area contributed by atoms with Crippen LogP contribution < -0.4 is 16.2 Å². The van der Waals surface area contributed by atoms with Gasteiger partial charge in [0, 0.05) is 24.3 Å². The number of aromatic nitrogens is 4. The Hall–Kier alpha value is -3.00. The van der Waals surface area contributed by atoms with E-state index in [0.29, 0.717) is 6.04 Å². The highest BCUT2D eigenvalue weighted by molar-refractivity contribution is 5.94. The van der Waals surface area contributed by atoms with Crippen molar-refractivity contribution in [2.24, 2.45) is 0 Å². The Morgan fingerprint density at radius 1 is 1.11 bits per heavy atom. The van der Waals surface area contributed by atoms with Crippen LogP contribution in [0.3, 0.4) is 0 Å². The Morgan fingerprint density at radius 3 is 2.56 bits per heavy atom. The third-order valence-electron chi connectivity index (χ3n) is 5.65. The van der Waals surface area contributed by atoms with Gasteiger partial charge in [-0.25, -0.2) is 9.97 Å². The van der Waals surface area contributed by atoms with Gasteiger partial charge in [0.15, 0.2) is 0 Å². The number of nitrogens with one attached hydrogen (secondary N) is 3. The molecule has 2 aromatic heterocycles. The molecule has 2 atom stereocenters. The second kappa shape index (κ2) is 6.31. The first kappa shape index (κ1) is 16.2. The first-order valence-corrected chi connectivity index (χ1v) is 9.24. The molecular weight excluding hydrogens is 344 g/mol. The summed E-state index contributed by atoms with van der Waals surface area (Å²) >= 11 is 0. The number of benzene rings is 1. The van der Waals surface area contributed by atoms with Gasteiger partial charge in [-0.1, -0.05) is 24.3 Å². The number of nitrogens with zero attached hydrogens (tertiary/aromatic N) is 3. The molecule has 1 aromatic carbocycles. The van der Waals surface area contributed by atoms with E-state index < -0.39 is 5.56 Å². The van der Waals surface area contributed by atoms with Crippen LogP contribution in [0.1, 0.15) is 34.3 Å². The van der Waals surface area contributed by atoms with Gasteiger partial charge in [-0.05, 0) is 36.8 Å². The summed E-state index contributed by atoms with van der Waals surface area (Å²) in [5, 5.41) is 9.33. The van der Waals surface area contributed by atoms with Crippen molar-refractivity contribution in [3.05, 3.63) is 63.8 Å². The highest BCUT2D eigenvalue weighted by Gasteiger charge is 2.35. The van der Waals surface area contributed by atoms with Crippen LogP contribution in [0.4, 0.5) is 0 Å². The lowest BCUT2D eigenvalue weighted by molar-refractivity contribution is 0.0887. The lowest BCUT2D eigenvalue weighted by Gasteiger charge is -2.39. The molecule has 5 rings (SSSR count). The minimum absolute atomic E-state index is 0.0238. The number of hydrogen-bond donors (Lipinski definition) is 3. The van der Waals surface area contributed by atoms with E-state index >= 15 is 0 Å². The zero-order valence-electron chi connectivity index (χ0n) is 14.7. The SMILES string of the molecule is O=C(N[C@H]1CC[C@H]1NC1Cc2ccccc2C1)c1cnc2nc[nH]n2c1=O. The zero-order valence-corrected chi connectivity index (χ0v) is 14.7. The number of fused-ring (bicyclic) bond motifs is 2. The molecule has 27 heavy (non-hydrogen) atoms. The Labute approximate surface area is 155 Å². The number of carbonyl (C=O) groups is 1. The topological polar surface area (TPSA) is 104 Å². The molecule has 2 aliphatic carbocycles. The third kappa shape index (κ3) is 2.82. The predicted octanol–water partition coefficient (Wildman–Crippen LogP) is 0.435. The quantitative estimate of drug-likeness (QED) is 0.623. The van der Waals surface area contributed by atoms with Crippen LogP contribution in [-0.4, -0.2) is 43.6 Å². The number of amides is 1. The smallest absolute Gasteiger partial charge is 0.286 e. The van der Waals surface area contributed by atoms with Crippen LogP contribution >= 0.6 is 0 Å². The summed E-state index contributed by atoms with van der Waals surface area (Å²) in [6, 6.07) is 9.20. The van der Waals surface area contributed by atoms with Crippen LogP contribution in [0, 0.1) is 0 Å². The maximum atomic E-state index is 12.6. The fourth-order valence-corrected chi connectivity index (χ4v) is 4.05. The molecule has 0 unspecified atom stereocenters. The zero-order chi connectivity index (χ0) is 18.4. The van der Waals surface area contributed by atoms with Gasteiger partial charge in [0.25, 0.3) is 17.2 Å². The van der Waals surface area contributed by atoms with Crippen molar-refractivity contribution in [1.82, 2.24) is 30.2 Å². The van der Waals surface area contributed by atoms with Crippen molar-refractivity contribution in [2.75, 3.05) is 0 Å². The van der Waals surface area contributed by atoms with Crippen LogP contribution in [0.2, 0.25) is 0 Å². The fourth-order valence-electron chi connectivity index (χ4n) is 4.05. The molecule has 138 valence electrons. The van der Waals surface area contributed by atoms with E-state index in [1.54, 1.807) is 0 Å². The van der Waals surface area contributed by atoms with Gasteiger partial charge in [-0.15, -0.1) is 0 Å². The summed E-state index contributed by atoms with van der Waals surface area (Å²) < 4.78 is 1.17. The molecule has 2 heterocycles. The van der Waals surface area contributed by atoms with E-state index in [9.17, 15) is 9.59 Å². The second-order valence-electron chi connectivity index (χ2n) is 7.30. The maximum Gasteiger partial charge on any atom is 0.286 e. The van der Waals surface area contributed by atoms with Crippen LogP contribution in [0.15, 0.2) is 41.6 Å². The monoisotopic (exact) mass is 364 g/mol. The van der Waals surface area contributed by atoms with Gasteiger partial charge in [0.1, 0.15) is 11.9 Å². The molecule has 3 aromatic rings. The van der Waals surface area contributed by atoms with Gasteiger partial charge < -0.3 is 10.6 Å². The summed E-state index contributed by atoms with van der Waals surface area (Å²) in [4.78, 5) is 32.9. The molecule has 0 radical (unpaired) electrons. The number of hydrogen-bond acceptors (Lipinski definition) is 5. The lowest BCUT2D eigenvalue weighted by Crippen LogP contribution is -2.59. The first-order chi connectivity index (χ1) is 13.2. The van der Waals surface area contributed by atoms with Gasteiger partial charge in [0.2, 0.25) is 0 Å². The molecule has 1 fully saturated rings. The highest BCUT2D eigenvalue weighted by Crippen LogP contribution is 2.26. The van der Waals surface area contributed by atoms with E-state index in [1.807, 2.05) is 0 Å².